The second-order valence-corrected chi connectivity index (χ2v) is 8.88. The molecule has 9 heteroatoms. The number of nitrogens with one attached hydrogen (secondary N) is 1. The summed E-state index contributed by atoms with van der Waals surface area (Å²) in [7, 11) is -2.36. The lowest BCUT2D eigenvalue weighted by atomic mass is 10.1. The lowest BCUT2D eigenvalue weighted by molar-refractivity contribution is -0.121. The Morgan fingerprint density at radius 2 is 2.17 bits per heavy atom. The summed E-state index contributed by atoms with van der Waals surface area (Å²) in [6.45, 7) is 1.53. The van der Waals surface area contributed by atoms with E-state index in [-0.39, 0.29) is 16.8 Å². The van der Waals surface area contributed by atoms with Crippen LogP contribution in [0.2, 0.25) is 4.34 Å². The van der Waals surface area contributed by atoms with Gasteiger partial charge < -0.3 is 5.32 Å². The Balaban J connectivity index is 1.99. The van der Waals surface area contributed by atoms with E-state index in [1.807, 2.05) is 13.0 Å². The molecule has 0 fully saturated rings. The molecule has 1 amide bonds. The Labute approximate surface area is 144 Å². The van der Waals surface area contributed by atoms with Crippen LogP contribution in [0.4, 0.5) is 0 Å². The highest BCUT2D eigenvalue weighted by Gasteiger charge is 2.25. The third-order valence-corrected chi connectivity index (χ3v) is 6.64. The predicted octanol–water partition coefficient (Wildman–Crippen LogP) is 2.29. The lowest BCUT2D eigenvalue weighted by Gasteiger charge is -2.18. The van der Waals surface area contributed by atoms with Gasteiger partial charge in [-0.15, -0.1) is 11.3 Å². The number of nitrogens with zero attached hydrogens (tertiary/aromatic N) is 2. The van der Waals surface area contributed by atoms with Crippen LogP contribution < -0.4 is 5.32 Å². The summed E-state index contributed by atoms with van der Waals surface area (Å²) < 4.78 is 26.1. The normalized spacial score (nSPS) is 13.0. The number of sulfonamides is 1. The van der Waals surface area contributed by atoms with Crippen molar-refractivity contribution in [2.24, 2.45) is 0 Å². The van der Waals surface area contributed by atoms with Gasteiger partial charge >= 0.3 is 0 Å². The maximum atomic E-state index is 12.3. The molecule has 0 aliphatic carbocycles. The average Bonchev–Trinajstić information content (AvgIpc) is 2.95. The number of rotatable bonds is 6. The summed E-state index contributed by atoms with van der Waals surface area (Å²) in [6.07, 6.45) is 3.30. The summed E-state index contributed by atoms with van der Waals surface area (Å²) in [5, 5.41) is 2.75. The van der Waals surface area contributed by atoms with Crippen molar-refractivity contribution in [3.8, 4) is 0 Å². The van der Waals surface area contributed by atoms with Gasteiger partial charge in [0, 0.05) is 19.4 Å². The molecular weight excluding hydrogens is 358 g/mol. The molecule has 124 valence electrons. The fraction of sp³-hybridized carbons (Fsp3) is 0.286. The molecule has 2 rings (SSSR count). The quantitative estimate of drug-likeness (QED) is 0.842. The Morgan fingerprint density at radius 1 is 1.43 bits per heavy atom. The van der Waals surface area contributed by atoms with Crippen molar-refractivity contribution < 1.29 is 13.2 Å². The van der Waals surface area contributed by atoms with Crippen molar-refractivity contribution in [1.29, 1.82) is 0 Å². The van der Waals surface area contributed by atoms with Crippen LogP contribution in [0.25, 0.3) is 0 Å². The van der Waals surface area contributed by atoms with Crippen LogP contribution in [0.5, 0.6) is 0 Å². The molecule has 0 aliphatic heterocycles. The lowest BCUT2D eigenvalue weighted by Crippen LogP contribution is -2.39. The van der Waals surface area contributed by atoms with E-state index in [9.17, 15) is 13.2 Å². The number of hydrogen-bond acceptors (Lipinski definition) is 5. The monoisotopic (exact) mass is 373 g/mol. The van der Waals surface area contributed by atoms with E-state index in [2.05, 4.69) is 10.3 Å². The first kappa shape index (κ1) is 17.9. The van der Waals surface area contributed by atoms with Crippen LogP contribution in [0.15, 0.2) is 40.9 Å². The number of halogens is 1. The molecule has 0 radical (unpaired) electrons. The number of hydrogen-bond donors (Lipinski definition) is 1. The number of aromatic nitrogens is 1. The maximum Gasteiger partial charge on any atom is 0.252 e. The Bertz CT molecular complexity index is 778. The number of carbonyl (C=O) groups excluding carboxylic acids is 1. The number of amides is 1. The molecule has 0 aromatic carbocycles. The minimum Gasteiger partial charge on any atom is -0.348 e. The van der Waals surface area contributed by atoms with Gasteiger partial charge in [0.1, 0.15) is 4.21 Å². The van der Waals surface area contributed by atoms with Gasteiger partial charge in [-0.05, 0) is 30.7 Å². The molecule has 1 atom stereocenters. The van der Waals surface area contributed by atoms with E-state index in [0.29, 0.717) is 4.34 Å². The zero-order valence-electron chi connectivity index (χ0n) is 12.6. The standard InChI is InChI=1S/C14H16ClN3O3S2/c1-10(11-4-3-7-16-8-11)17-13(19)9-18(2)23(20,21)14-6-5-12(15)22-14/h3-8,10H,9H2,1-2H3,(H,17,19). The minimum atomic E-state index is -3.72. The highest BCUT2D eigenvalue weighted by Crippen LogP contribution is 2.27. The van der Waals surface area contributed by atoms with E-state index in [1.54, 1.807) is 18.5 Å². The zero-order chi connectivity index (χ0) is 17.0. The van der Waals surface area contributed by atoms with Gasteiger partial charge in [-0.3, -0.25) is 9.78 Å². The molecule has 1 unspecified atom stereocenters. The summed E-state index contributed by atoms with van der Waals surface area (Å²) in [5.74, 6) is -0.393. The van der Waals surface area contributed by atoms with Crippen molar-refractivity contribution in [2.75, 3.05) is 13.6 Å². The largest absolute Gasteiger partial charge is 0.348 e. The van der Waals surface area contributed by atoms with Crippen LogP contribution in [-0.4, -0.2) is 37.2 Å². The van der Waals surface area contributed by atoms with Crippen LogP contribution >= 0.6 is 22.9 Å². The second kappa shape index (κ2) is 7.39. The van der Waals surface area contributed by atoms with Crippen molar-refractivity contribution >= 4 is 38.9 Å². The van der Waals surface area contributed by atoms with E-state index in [1.165, 1.54) is 19.2 Å². The summed E-state index contributed by atoms with van der Waals surface area (Å²) in [4.78, 5) is 16.0. The summed E-state index contributed by atoms with van der Waals surface area (Å²) >= 11 is 6.72. The van der Waals surface area contributed by atoms with E-state index < -0.39 is 15.9 Å². The Hall–Kier alpha value is -1.48. The number of likely N-dealkylation sites (N-methyl/N-ethyl adjacent to an activating group) is 1. The molecule has 2 aromatic heterocycles. The molecule has 0 bridgehead atoms. The Morgan fingerprint density at radius 3 is 2.74 bits per heavy atom. The average molecular weight is 374 g/mol. The van der Waals surface area contributed by atoms with Crippen LogP contribution in [0.3, 0.4) is 0 Å². The third-order valence-electron chi connectivity index (χ3n) is 3.14. The minimum absolute atomic E-state index is 0.109. The highest BCUT2D eigenvalue weighted by atomic mass is 35.5. The van der Waals surface area contributed by atoms with E-state index in [0.717, 1.165) is 21.2 Å². The van der Waals surface area contributed by atoms with Crippen molar-refractivity contribution in [3.05, 3.63) is 46.6 Å². The topological polar surface area (TPSA) is 79.4 Å². The molecule has 0 saturated carbocycles. The first-order chi connectivity index (χ1) is 10.8. The molecule has 2 heterocycles. The van der Waals surface area contributed by atoms with E-state index >= 15 is 0 Å². The van der Waals surface area contributed by atoms with Gasteiger partial charge in [0.2, 0.25) is 5.91 Å². The van der Waals surface area contributed by atoms with Crippen LogP contribution in [-0.2, 0) is 14.8 Å². The fourth-order valence-corrected chi connectivity index (χ4v) is 4.70. The first-order valence-electron chi connectivity index (χ1n) is 6.71. The molecular formula is C14H16ClN3O3S2. The molecule has 2 aromatic rings. The molecule has 0 aliphatic rings. The van der Waals surface area contributed by atoms with Crippen molar-refractivity contribution in [3.63, 3.8) is 0 Å². The first-order valence-corrected chi connectivity index (χ1v) is 9.35. The van der Waals surface area contributed by atoms with Gasteiger partial charge in [-0.1, -0.05) is 17.7 Å². The molecule has 6 nitrogen and oxygen atoms in total. The number of thiophene rings is 1. The maximum absolute atomic E-state index is 12.3. The molecule has 1 N–H and O–H groups in total. The Kier molecular flexibility index (Phi) is 5.74. The van der Waals surface area contributed by atoms with Crippen molar-refractivity contribution in [1.82, 2.24) is 14.6 Å². The fourth-order valence-electron chi connectivity index (χ4n) is 1.88. The highest BCUT2D eigenvalue weighted by molar-refractivity contribution is 7.91. The molecule has 0 spiro atoms. The third kappa shape index (κ3) is 4.51. The summed E-state index contributed by atoms with van der Waals surface area (Å²) in [6, 6.07) is 6.29. The number of pyridine rings is 1. The second-order valence-electron chi connectivity index (χ2n) is 4.90. The van der Waals surface area contributed by atoms with Crippen molar-refractivity contribution in [2.45, 2.75) is 17.2 Å². The molecule has 0 saturated heterocycles. The molecule has 23 heavy (non-hydrogen) atoms. The smallest absolute Gasteiger partial charge is 0.252 e. The van der Waals surface area contributed by atoms with Gasteiger partial charge in [0.15, 0.2) is 0 Å². The van der Waals surface area contributed by atoms with E-state index in [4.69, 9.17) is 11.6 Å². The number of carbonyl (C=O) groups is 1. The van der Waals surface area contributed by atoms with Gasteiger partial charge in [-0.25, -0.2) is 8.42 Å². The predicted molar refractivity (Wildman–Crippen MR) is 89.9 cm³/mol. The zero-order valence-corrected chi connectivity index (χ0v) is 15.0. The van der Waals surface area contributed by atoms with Gasteiger partial charge in [0.25, 0.3) is 10.0 Å². The SMILES string of the molecule is CC(NC(=O)CN(C)S(=O)(=O)c1ccc(Cl)s1)c1cccnc1. The van der Waals surface area contributed by atoms with Crippen LogP contribution in [0, 0.1) is 0 Å². The summed E-state index contributed by atoms with van der Waals surface area (Å²) in [5.41, 5.74) is 0.844. The van der Waals surface area contributed by atoms with Gasteiger partial charge in [0.05, 0.1) is 16.9 Å². The van der Waals surface area contributed by atoms with Crippen LogP contribution in [0.1, 0.15) is 18.5 Å². The van der Waals surface area contributed by atoms with Gasteiger partial charge in [-0.2, -0.15) is 4.31 Å².